The first-order valence-electron chi connectivity index (χ1n) is 5.71. The van der Waals surface area contributed by atoms with E-state index < -0.39 is 16.2 Å². The van der Waals surface area contributed by atoms with Gasteiger partial charge in [0.2, 0.25) is 0 Å². The molecular formula is C14H17BrO3. The predicted octanol–water partition coefficient (Wildman–Crippen LogP) is 3.11. The Morgan fingerprint density at radius 2 is 1.78 bits per heavy atom. The summed E-state index contributed by atoms with van der Waals surface area (Å²) in [5, 5.41) is 0. The summed E-state index contributed by atoms with van der Waals surface area (Å²) in [6.45, 7) is 5.50. The van der Waals surface area contributed by atoms with Crippen molar-refractivity contribution in [2.45, 2.75) is 32.2 Å². The molecule has 0 bridgehead atoms. The zero-order valence-electron chi connectivity index (χ0n) is 10.8. The number of alkyl halides is 1. The maximum Gasteiger partial charge on any atom is 0.327 e. The number of hydrogen-bond donors (Lipinski definition) is 0. The summed E-state index contributed by atoms with van der Waals surface area (Å²) in [7, 11) is 0. The van der Waals surface area contributed by atoms with E-state index in [-0.39, 0.29) is 12.4 Å². The lowest BCUT2D eigenvalue weighted by molar-refractivity contribution is -0.147. The van der Waals surface area contributed by atoms with Crippen LogP contribution in [-0.4, -0.2) is 16.6 Å². The SMILES string of the molecule is CC(C)(C)C(=O)C(Br)C(=O)OCc1ccccc1. The highest BCUT2D eigenvalue weighted by atomic mass is 79.9. The minimum Gasteiger partial charge on any atom is -0.460 e. The van der Waals surface area contributed by atoms with Gasteiger partial charge in [-0.25, -0.2) is 0 Å². The number of ether oxygens (including phenoxy) is 1. The lowest BCUT2D eigenvalue weighted by Crippen LogP contribution is -2.35. The molecular weight excluding hydrogens is 296 g/mol. The van der Waals surface area contributed by atoms with E-state index in [1.165, 1.54) is 0 Å². The van der Waals surface area contributed by atoms with Crippen molar-refractivity contribution >= 4 is 27.7 Å². The van der Waals surface area contributed by atoms with Gasteiger partial charge >= 0.3 is 5.97 Å². The molecule has 0 aliphatic carbocycles. The molecule has 18 heavy (non-hydrogen) atoms. The maximum atomic E-state index is 11.9. The monoisotopic (exact) mass is 312 g/mol. The maximum absolute atomic E-state index is 11.9. The van der Waals surface area contributed by atoms with Gasteiger partial charge in [0.25, 0.3) is 0 Å². The van der Waals surface area contributed by atoms with Crippen molar-refractivity contribution in [2.24, 2.45) is 5.41 Å². The van der Waals surface area contributed by atoms with Crippen LogP contribution < -0.4 is 0 Å². The summed E-state index contributed by atoms with van der Waals surface area (Å²) in [5.41, 5.74) is 0.327. The van der Waals surface area contributed by atoms with E-state index in [1.54, 1.807) is 20.8 Å². The Morgan fingerprint density at radius 1 is 1.22 bits per heavy atom. The number of esters is 1. The van der Waals surface area contributed by atoms with E-state index in [9.17, 15) is 9.59 Å². The fraction of sp³-hybridized carbons (Fsp3) is 0.429. The van der Waals surface area contributed by atoms with Crippen LogP contribution in [0.4, 0.5) is 0 Å². The molecule has 1 aromatic rings. The summed E-state index contributed by atoms with van der Waals surface area (Å²) in [6.07, 6.45) is 0. The van der Waals surface area contributed by atoms with Crippen LogP contribution in [0.3, 0.4) is 0 Å². The minimum absolute atomic E-state index is 0.180. The van der Waals surface area contributed by atoms with Gasteiger partial charge in [-0.05, 0) is 5.56 Å². The van der Waals surface area contributed by atoms with Gasteiger partial charge in [0.05, 0.1) is 0 Å². The van der Waals surface area contributed by atoms with Crippen molar-refractivity contribution in [3.8, 4) is 0 Å². The zero-order valence-corrected chi connectivity index (χ0v) is 12.4. The molecule has 0 heterocycles. The number of hydrogen-bond acceptors (Lipinski definition) is 3. The average molecular weight is 313 g/mol. The number of carbonyl (C=O) groups excluding carboxylic acids is 2. The molecule has 0 aliphatic heterocycles. The molecule has 3 nitrogen and oxygen atoms in total. The number of halogens is 1. The van der Waals surface area contributed by atoms with E-state index in [2.05, 4.69) is 15.9 Å². The fourth-order valence-corrected chi connectivity index (χ4v) is 2.11. The summed E-state index contributed by atoms with van der Waals surface area (Å²) < 4.78 is 5.10. The first kappa shape index (κ1) is 14.9. The number of carbonyl (C=O) groups is 2. The van der Waals surface area contributed by atoms with E-state index >= 15 is 0 Å². The van der Waals surface area contributed by atoms with Crippen LogP contribution in [-0.2, 0) is 20.9 Å². The topological polar surface area (TPSA) is 43.4 Å². The second-order valence-corrected chi connectivity index (χ2v) is 5.99. The first-order valence-corrected chi connectivity index (χ1v) is 6.63. The molecule has 0 radical (unpaired) electrons. The predicted molar refractivity (Wildman–Crippen MR) is 73.4 cm³/mol. The molecule has 4 heteroatoms. The molecule has 98 valence electrons. The molecule has 1 rings (SSSR count). The number of benzene rings is 1. The zero-order chi connectivity index (χ0) is 13.8. The Morgan fingerprint density at radius 3 is 2.28 bits per heavy atom. The van der Waals surface area contributed by atoms with Crippen LogP contribution in [0.2, 0.25) is 0 Å². The minimum atomic E-state index is -0.902. The standard InChI is InChI=1S/C14H17BrO3/c1-14(2,3)12(16)11(15)13(17)18-9-10-7-5-4-6-8-10/h4-8,11H,9H2,1-3H3. The third-order valence-electron chi connectivity index (χ3n) is 2.40. The lowest BCUT2D eigenvalue weighted by Gasteiger charge is -2.19. The van der Waals surface area contributed by atoms with Crippen LogP contribution in [0.5, 0.6) is 0 Å². The van der Waals surface area contributed by atoms with Crippen molar-refractivity contribution in [3.63, 3.8) is 0 Å². The average Bonchev–Trinajstić information content (AvgIpc) is 2.34. The molecule has 0 spiro atoms. The second kappa shape index (κ2) is 6.14. The van der Waals surface area contributed by atoms with Gasteiger partial charge in [-0.3, -0.25) is 9.59 Å². The number of rotatable bonds is 4. The molecule has 0 fully saturated rings. The molecule has 0 aliphatic rings. The van der Waals surface area contributed by atoms with E-state index in [0.717, 1.165) is 5.56 Å². The van der Waals surface area contributed by atoms with Crippen molar-refractivity contribution in [1.29, 1.82) is 0 Å². The van der Waals surface area contributed by atoms with Crippen LogP contribution in [0.1, 0.15) is 26.3 Å². The Labute approximate surface area is 116 Å². The molecule has 1 unspecified atom stereocenters. The summed E-state index contributed by atoms with van der Waals surface area (Å²) in [6, 6.07) is 9.36. The molecule has 0 amide bonds. The third-order valence-corrected chi connectivity index (χ3v) is 3.19. The lowest BCUT2D eigenvalue weighted by atomic mass is 9.89. The van der Waals surface area contributed by atoms with Crippen molar-refractivity contribution in [1.82, 2.24) is 0 Å². The first-order chi connectivity index (χ1) is 8.32. The van der Waals surface area contributed by atoms with E-state index in [4.69, 9.17) is 4.74 Å². The van der Waals surface area contributed by atoms with Crippen LogP contribution in [0.25, 0.3) is 0 Å². The van der Waals surface area contributed by atoms with E-state index in [1.807, 2.05) is 30.3 Å². The molecule has 0 saturated carbocycles. The second-order valence-electron chi connectivity index (χ2n) is 5.07. The summed E-state index contributed by atoms with van der Waals surface area (Å²) in [4.78, 5) is 22.7. The molecule has 1 atom stereocenters. The number of Topliss-reactive ketones (excluding diaryl/α,β-unsaturated/α-hetero) is 1. The van der Waals surface area contributed by atoms with Gasteiger partial charge in [0.1, 0.15) is 6.61 Å². The molecule has 1 aromatic carbocycles. The summed E-state index contributed by atoms with van der Waals surface area (Å²) in [5.74, 6) is -0.723. The van der Waals surface area contributed by atoms with Crippen LogP contribution in [0, 0.1) is 5.41 Å². The van der Waals surface area contributed by atoms with E-state index in [0.29, 0.717) is 0 Å². The number of ketones is 1. The van der Waals surface area contributed by atoms with Gasteiger partial charge in [-0.1, -0.05) is 67.0 Å². The third kappa shape index (κ3) is 4.26. The van der Waals surface area contributed by atoms with Crippen molar-refractivity contribution in [2.75, 3.05) is 0 Å². The Balaban J connectivity index is 2.54. The van der Waals surface area contributed by atoms with Gasteiger partial charge in [0.15, 0.2) is 10.6 Å². The molecule has 0 saturated heterocycles. The van der Waals surface area contributed by atoms with Crippen LogP contribution in [0.15, 0.2) is 30.3 Å². The van der Waals surface area contributed by atoms with Crippen molar-refractivity contribution in [3.05, 3.63) is 35.9 Å². The summed E-state index contributed by atoms with van der Waals surface area (Å²) >= 11 is 3.09. The van der Waals surface area contributed by atoms with Gasteiger partial charge in [-0.15, -0.1) is 0 Å². The highest BCUT2D eigenvalue weighted by Gasteiger charge is 2.33. The van der Waals surface area contributed by atoms with Crippen molar-refractivity contribution < 1.29 is 14.3 Å². The Kier molecular flexibility index (Phi) is 5.08. The molecule has 0 aromatic heterocycles. The van der Waals surface area contributed by atoms with Gasteiger partial charge in [0, 0.05) is 5.41 Å². The van der Waals surface area contributed by atoms with Gasteiger partial charge < -0.3 is 4.74 Å². The van der Waals surface area contributed by atoms with Crippen LogP contribution >= 0.6 is 15.9 Å². The highest BCUT2D eigenvalue weighted by Crippen LogP contribution is 2.21. The van der Waals surface area contributed by atoms with Gasteiger partial charge in [-0.2, -0.15) is 0 Å². The fourth-order valence-electron chi connectivity index (χ4n) is 1.29. The quantitative estimate of drug-likeness (QED) is 0.487. The highest BCUT2D eigenvalue weighted by molar-refractivity contribution is 9.10. The normalized spacial score (nSPS) is 12.9. The smallest absolute Gasteiger partial charge is 0.327 e. The Hall–Kier alpha value is -1.16. The Bertz CT molecular complexity index is 420. The molecule has 0 N–H and O–H groups in total. The largest absolute Gasteiger partial charge is 0.460 e.